The molecule has 1 aromatic heterocycles. The van der Waals surface area contributed by atoms with Gasteiger partial charge in [-0.15, -0.1) is 0 Å². The minimum atomic E-state index is 0.282. The van der Waals surface area contributed by atoms with E-state index in [1.54, 1.807) is 0 Å². The van der Waals surface area contributed by atoms with Crippen LogP contribution in [0.5, 0.6) is 0 Å². The van der Waals surface area contributed by atoms with Crippen LogP contribution in [0.25, 0.3) is 41.5 Å². The van der Waals surface area contributed by atoms with E-state index in [4.69, 9.17) is 0 Å². The summed E-state index contributed by atoms with van der Waals surface area (Å²) in [5.41, 5.74) is 6.86. The van der Waals surface area contributed by atoms with Crippen LogP contribution in [0.1, 0.15) is 16.7 Å². The Morgan fingerprint density at radius 2 is 1.15 bits per heavy atom. The Labute approximate surface area is 200 Å². The standard InChI is InChI=1S/C32H24Se/c1-22-10-13-26(14-11-22)32-30(19-23-12-15-24-6-2-4-8-27(24)18-23)21-31(33-32)29-17-16-25-7-3-5-9-28(25)20-29/h2-18,20-21H,19H2,1H3. The van der Waals surface area contributed by atoms with Gasteiger partial charge in [0, 0.05) is 0 Å². The van der Waals surface area contributed by atoms with Gasteiger partial charge < -0.3 is 0 Å². The first-order valence-corrected chi connectivity index (χ1v) is 13.1. The summed E-state index contributed by atoms with van der Waals surface area (Å²) in [6.07, 6.45) is 0.965. The fourth-order valence-corrected chi connectivity index (χ4v) is 7.04. The second-order valence-corrected chi connectivity index (χ2v) is 11.0. The van der Waals surface area contributed by atoms with E-state index >= 15 is 0 Å². The van der Waals surface area contributed by atoms with Crippen molar-refractivity contribution in [3.05, 3.63) is 132 Å². The van der Waals surface area contributed by atoms with E-state index in [-0.39, 0.29) is 14.5 Å². The summed E-state index contributed by atoms with van der Waals surface area (Å²) < 4.78 is 2.98. The van der Waals surface area contributed by atoms with Crippen molar-refractivity contribution in [1.29, 1.82) is 0 Å². The fraction of sp³-hybridized carbons (Fsp3) is 0.0625. The van der Waals surface area contributed by atoms with E-state index in [1.165, 1.54) is 58.2 Å². The molecule has 0 unspecified atom stereocenters. The molecule has 5 aromatic carbocycles. The van der Waals surface area contributed by atoms with Crippen LogP contribution >= 0.6 is 0 Å². The number of aryl methyl sites for hydroxylation is 1. The first-order chi connectivity index (χ1) is 16.2. The van der Waals surface area contributed by atoms with E-state index in [1.807, 2.05) is 0 Å². The molecular weight excluding hydrogens is 463 g/mol. The van der Waals surface area contributed by atoms with Crippen molar-refractivity contribution < 1.29 is 0 Å². The quantitative estimate of drug-likeness (QED) is 0.220. The molecule has 0 N–H and O–H groups in total. The molecule has 0 aliphatic heterocycles. The first-order valence-electron chi connectivity index (χ1n) is 11.4. The maximum atomic E-state index is 2.47. The molecule has 0 aliphatic carbocycles. The zero-order valence-electron chi connectivity index (χ0n) is 18.6. The van der Waals surface area contributed by atoms with Crippen LogP contribution in [0, 0.1) is 6.92 Å². The van der Waals surface area contributed by atoms with Crippen molar-refractivity contribution in [1.82, 2.24) is 0 Å². The van der Waals surface area contributed by atoms with Gasteiger partial charge in [-0.1, -0.05) is 0 Å². The van der Waals surface area contributed by atoms with Crippen molar-refractivity contribution in [2.24, 2.45) is 0 Å². The molecule has 1 heteroatoms. The second-order valence-electron chi connectivity index (χ2n) is 8.75. The van der Waals surface area contributed by atoms with Crippen molar-refractivity contribution in [2.45, 2.75) is 13.3 Å². The van der Waals surface area contributed by atoms with Crippen LogP contribution in [-0.4, -0.2) is 14.5 Å². The topological polar surface area (TPSA) is 0 Å². The van der Waals surface area contributed by atoms with E-state index in [0.29, 0.717) is 0 Å². The summed E-state index contributed by atoms with van der Waals surface area (Å²) in [7, 11) is 0. The average molecular weight is 488 g/mol. The predicted octanol–water partition coefficient (Wildman–Crippen LogP) is 8.28. The molecule has 0 saturated heterocycles. The third kappa shape index (κ3) is 4.07. The summed E-state index contributed by atoms with van der Waals surface area (Å²) >= 11 is 0.282. The summed E-state index contributed by atoms with van der Waals surface area (Å²) in [6, 6.07) is 42.6. The molecule has 0 fully saturated rings. The molecule has 0 bridgehead atoms. The monoisotopic (exact) mass is 488 g/mol. The Balaban J connectivity index is 1.46. The second kappa shape index (κ2) is 8.52. The molecule has 6 aromatic rings. The van der Waals surface area contributed by atoms with Crippen LogP contribution in [0.2, 0.25) is 0 Å². The molecule has 158 valence electrons. The summed E-state index contributed by atoms with van der Waals surface area (Å²) in [5.74, 6) is 0. The van der Waals surface area contributed by atoms with E-state index < -0.39 is 0 Å². The molecule has 33 heavy (non-hydrogen) atoms. The van der Waals surface area contributed by atoms with Crippen LogP contribution in [0.4, 0.5) is 0 Å². The van der Waals surface area contributed by atoms with Crippen molar-refractivity contribution in [2.75, 3.05) is 0 Å². The summed E-state index contributed by atoms with van der Waals surface area (Å²) in [5, 5.41) is 5.23. The van der Waals surface area contributed by atoms with E-state index in [9.17, 15) is 0 Å². The minimum absolute atomic E-state index is 0.282. The van der Waals surface area contributed by atoms with Gasteiger partial charge in [0.2, 0.25) is 0 Å². The van der Waals surface area contributed by atoms with Crippen LogP contribution < -0.4 is 0 Å². The van der Waals surface area contributed by atoms with Crippen molar-refractivity contribution >= 4 is 36.0 Å². The average Bonchev–Trinajstić information content (AvgIpc) is 3.28. The van der Waals surface area contributed by atoms with Gasteiger partial charge in [-0.2, -0.15) is 0 Å². The zero-order valence-corrected chi connectivity index (χ0v) is 20.3. The SMILES string of the molecule is Cc1ccc(-c2[se]c(-c3ccc4ccccc4c3)cc2Cc2ccc3ccccc3c2)cc1. The normalized spacial score (nSPS) is 11.3. The van der Waals surface area contributed by atoms with Crippen LogP contribution in [-0.2, 0) is 6.42 Å². The fourth-order valence-electron chi connectivity index (χ4n) is 4.56. The Kier molecular flexibility index (Phi) is 5.23. The molecule has 1 heterocycles. The number of benzene rings is 5. The number of fused-ring (bicyclic) bond motifs is 2. The molecule has 6 rings (SSSR count). The molecular formula is C32H24Se. The van der Waals surface area contributed by atoms with Gasteiger partial charge >= 0.3 is 201 Å². The third-order valence-corrected chi connectivity index (χ3v) is 9.04. The Hall–Kier alpha value is -3.38. The molecule has 0 atom stereocenters. The van der Waals surface area contributed by atoms with Gasteiger partial charge in [0.15, 0.2) is 0 Å². The van der Waals surface area contributed by atoms with E-state index in [2.05, 4.69) is 122 Å². The Morgan fingerprint density at radius 3 is 1.88 bits per heavy atom. The van der Waals surface area contributed by atoms with Gasteiger partial charge in [-0.3, -0.25) is 0 Å². The van der Waals surface area contributed by atoms with Crippen molar-refractivity contribution in [3.8, 4) is 20.0 Å². The van der Waals surface area contributed by atoms with Gasteiger partial charge in [0.1, 0.15) is 0 Å². The van der Waals surface area contributed by atoms with Crippen LogP contribution in [0.15, 0.2) is 115 Å². The van der Waals surface area contributed by atoms with Gasteiger partial charge in [-0.25, -0.2) is 0 Å². The predicted molar refractivity (Wildman–Crippen MR) is 143 cm³/mol. The van der Waals surface area contributed by atoms with Gasteiger partial charge in [0.25, 0.3) is 0 Å². The molecule has 0 saturated carbocycles. The van der Waals surface area contributed by atoms with Crippen molar-refractivity contribution in [3.63, 3.8) is 0 Å². The Bertz CT molecular complexity index is 1580. The zero-order chi connectivity index (χ0) is 22.2. The Morgan fingerprint density at radius 1 is 0.545 bits per heavy atom. The van der Waals surface area contributed by atoms with Gasteiger partial charge in [0.05, 0.1) is 0 Å². The molecule has 0 aliphatic rings. The molecule has 0 amide bonds. The molecule has 0 nitrogen and oxygen atoms in total. The third-order valence-electron chi connectivity index (χ3n) is 6.37. The van der Waals surface area contributed by atoms with Gasteiger partial charge in [-0.05, 0) is 0 Å². The van der Waals surface area contributed by atoms with E-state index in [0.717, 1.165) is 6.42 Å². The number of hydrogen-bond acceptors (Lipinski definition) is 0. The number of hydrogen-bond donors (Lipinski definition) is 0. The number of rotatable bonds is 4. The van der Waals surface area contributed by atoms with Crippen LogP contribution in [0.3, 0.4) is 0 Å². The molecule has 0 radical (unpaired) electrons. The summed E-state index contributed by atoms with van der Waals surface area (Å²) in [4.78, 5) is 0. The first kappa shape index (κ1) is 20.2. The molecule has 0 spiro atoms. The maximum absolute atomic E-state index is 2.47. The summed E-state index contributed by atoms with van der Waals surface area (Å²) in [6.45, 7) is 2.16.